The van der Waals surface area contributed by atoms with E-state index in [2.05, 4.69) is 12.2 Å². The summed E-state index contributed by atoms with van der Waals surface area (Å²) in [7, 11) is 3.35. The molecule has 0 bridgehead atoms. The fourth-order valence-corrected chi connectivity index (χ4v) is 3.41. The lowest BCUT2D eigenvalue weighted by Gasteiger charge is -2.19. The van der Waals surface area contributed by atoms with Gasteiger partial charge in [-0.15, -0.1) is 0 Å². The highest BCUT2D eigenvalue weighted by Crippen LogP contribution is 2.30. The van der Waals surface area contributed by atoms with E-state index < -0.39 is 5.97 Å². The van der Waals surface area contributed by atoms with Crippen LogP contribution in [0.4, 0.5) is 5.69 Å². The number of furan rings is 1. The number of ether oxygens (including phenoxy) is 2. The second-order valence-corrected chi connectivity index (χ2v) is 7.06. The van der Waals surface area contributed by atoms with Crippen LogP contribution in [0.25, 0.3) is 11.0 Å². The monoisotopic (exact) mass is 397 g/mol. The lowest BCUT2D eigenvalue weighted by molar-refractivity contribution is 0.0697. The molecule has 0 saturated heterocycles. The third-order valence-electron chi connectivity index (χ3n) is 5.14. The number of carboxylic acids is 1. The SMILES string of the molecule is COCCC(CCc1oc2ccc(OC)cc2c1C)Nc1ccc(C(=O)O)cc1. The number of aromatic carboxylic acids is 1. The fourth-order valence-electron chi connectivity index (χ4n) is 3.41. The van der Waals surface area contributed by atoms with Gasteiger partial charge in [-0.05, 0) is 67.8 Å². The molecule has 6 nitrogen and oxygen atoms in total. The van der Waals surface area contributed by atoms with Crippen LogP contribution in [0, 0.1) is 6.92 Å². The molecule has 0 aliphatic heterocycles. The Labute approximate surface area is 170 Å². The van der Waals surface area contributed by atoms with Crippen LogP contribution >= 0.6 is 0 Å². The van der Waals surface area contributed by atoms with Crippen molar-refractivity contribution in [3.63, 3.8) is 0 Å². The van der Waals surface area contributed by atoms with E-state index in [1.807, 2.05) is 18.2 Å². The van der Waals surface area contributed by atoms with Gasteiger partial charge in [-0.1, -0.05) is 0 Å². The molecule has 0 amide bonds. The second kappa shape index (κ2) is 9.47. The lowest BCUT2D eigenvalue weighted by atomic mass is 10.0. The number of hydrogen-bond donors (Lipinski definition) is 2. The normalized spacial score (nSPS) is 12.1. The Balaban J connectivity index is 1.71. The largest absolute Gasteiger partial charge is 0.497 e. The summed E-state index contributed by atoms with van der Waals surface area (Å²) >= 11 is 0. The van der Waals surface area contributed by atoms with Crippen LogP contribution in [0.5, 0.6) is 5.75 Å². The number of anilines is 1. The van der Waals surface area contributed by atoms with Crippen molar-refractivity contribution in [3.8, 4) is 5.75 Å². The molecule has 1 unspecified atom stereocenters. The minimum atomic E-state index is -0.926. The summed E-state index contributed by atoms with van der Waals surface area (Å²) in [6, 6.07) is 12.8. The Morgan fingerprint density at radius 2 is 1.90 bits per heavy atom. The van der Waals surface area contributed by atoms with Crippen LogP contribution in [0.15, 0.2) is 46.9 Å². The number of hydrogen-bond acceptors (Lipinski definition) is 5. The lowest BCUT2D eigenvalue weighted by Crippen LogP contribution is -2.22. The van der Waals surface area contributed by atoms with Gasteiger partial charge in [-0.25, -0.2) is 4.79 Å². The van der Waals surface area contributed by atoms with E-state index in [0.29, 0.717) is 6.61 Å². The summed E-state index contributed by atoms with van der Waals surface area (Å²) in [6.07, 6.45) is 2.49. The summed E-state index contributed by atoms with van der Waals surface area (Å²) in [5, 5.41) is 13.6. The van der Waals surface area contributed by atoms with E-state index in [4.69, 9.17) is 19.0 Å². The number of methoxy groups -OCH3 is 2. The van der Waals surface area contributed by atoms with Crippen LogP contribution in [-0.4, -0.2) is 37.9 Å². The molecule has 0 aliphatic rings. The smallest absolute Gasteiger partial charge is 0.335 e. The minimum Gasteiger partial charge on any atom is -0.497 e. The maximum absolute atomic E-state index is 11.0. The standard InChI is InChI=1S/C23H27NO5/c1-15-20-14-19(28-3)9-11-22(20)29-21(15)10-8-18(12-13-27-2)24-17-6-4-16(5-7-17)23(25)26/h4-7,9,11,14,18,24H,8,10,12-13H2,1-3H3,(H,25,26). The van der Waals surface area contributed by atoms with Crippen molar-refractivity contribution in [2.75, 3.05) is 26.1 Å². The average molecular weight is 397 g/mol. The maximum Gasteiger partial charge on any atom is 0.335 e. The highest BCUT2D eigenvalue weighted by Gasteiger charge is 2.15. The predicted octanol–water partition coefficient (Wildman–Crippen LogP) is 4.90. The molecule has 29 heavy (non-hydrogen) atoms. The third-order valence-corrected chi connectivity index (χ3v) is 5.14. The summed E-state index contributed by atoms with van der Waals surface area (Å²) in [6.45, 7) is 2.71. The molecule has 1 aromatic heterocycles. The van der Waals surface area contributed by atoms with E-state index in [9.17, 15) is 4.79 Å². The first kappa shape index (κ1) is 20.7. The molecule has 3 rings (SSSR count). The van der Waals surface area contributed by atoms with Gasteiger partial charge >= 0.3 is 5.97 Å². The summed E-state index contributed by atoms with van der Waals surface area (Å²) < 4.78 is 16.6. The van der Waals surface area contributed by atoms with Gasteiger partial charge in [-0.3, -0.25) is 0 Å². The quantitative estimate of drug-likeness (QED) is 0.507. The first-order valence-electron chi connectivity index (χ1n) is 9.66. The van der Waals surface area contributed by atoms with Gasteiger partial charge in [0.25, 0.3) is 0 Å². The number of aryl methyl sites for hydroxylation is 2. The van der Waals surface area contributed by atoms with E-state index in [1.165, 1.54) is 0 Å². The van der Waals surface area contributed by atoms with Crippen molar-refractivity contribution in [3.05, 3.63) is 59.4 Å². The van der Waals surface area contributed by atoms with E-state index in [-0.39, 0.29) is 11.6 Å². The molecule has 154 valence electrons. The molecule has 0 aliphatic carbocycles. The van der Waals surface area contributed by atoms with Crippen molar-refractivity contribution in [1.82, 2.24) is 0 Å². The van der Waals surface area contributed by atoms with Crippen molar-refractivity contribution >= 4 is 22.6 Å². The average Bonchev–Trinajstić information content (AvgIpc) is 3.05. The van der Waals surface area contributed by atoms with Gasteiger partial charge < -0.3 is 24.3 Å². The molecule has 0 radical (unpaired) electrons. The Kier molecular flexibility index (Phi) is 6.77. The first-order chi connectivity index (χ1) is 14.0. The zero-order valence-corrected chi connectivity index (χ0v) is 17.0. The maximum atomic E-state index is 11.0. The summed E-state index contributed by atoms with van der Waals surface area (Å²) in [5.41, 5.74) is 3.17. The molecule has 0 spiro atoms. The van der Waals surface area contributed by atoms with Crippen LogP contribution in [0.2, 0.25) is 0 Å². The number of fused-ring (bicyclic) bond motifs is 1. The fraction of sp³-hybridized carbons (Fsp3) is 0.348. The Hall–Kier alpha value is -2.99. The topological polar surface area (TPSA) is 80.9 Å². The van der Waals surface area contributed by atoms with Crippen LogP contribution < -0.4 is 10.1 Å². The van der Waals surface area contributed by atoms with Crippen LogP contribution in [0.1, 0.15) is 34.5 Å². The third kappa shape index (κ3) is 5.09. The minimum absolute atomic E-state index is 0.174. The first-order valence-corrected chi connectivity index (χ1v) is 9.66. The van der Waals surface area contributed by atoms with Crippen molar-refractivity contribution in [1.29, 1.82) is 0 Å². The van der Waals surface area contributed by atoms with E-state index in [0.717, 1.165) is 53.0 Å². The number of rotatable bonds is 10. The molecule has 2 N–H and O–H groups in total. The number of nitrogens with one attached hydrogen (secondary N) is 1. The van der Waals surface area contributed by atoms with Gasteiger partial charge in [0, 0.05) is 37.3 Å². The van der Waals surface area contributed by atoms with Crippen molar-refractivity contribution < 1.29 is 23.8 Å². The Bertz CT molecular complexity index is 961. The highest BCUT2D eigenvalue weighted by molar-refractivity contribution is 5.88. The zero-order chi connectivity index (χ0) is 20.8. The van der Waals surface area contributed by atoms with Gasteiger partial charge in [0.15, 0.2) is 0 Å². The van der Waals surface area contributed by atoms with Gasteiger partial charge in [0.05, 0.1) is 12.7 Å². The van der Waals surface area contributed by atoms with Crippen molar-refractivity contribution in [2.45, 2.75) is 32.2 Å². The molecular formula is C23H27NO5. The predicted molar refractivity (Wildman–Crippen MR) is 113 cm³/mol. The Morgan fingerprint density at radius 3 is 2.55 bits per heavy atom. The molecule has 1 heterocycles. The summed E-state index contributed by atoms with van der Waals surface area (Å²) in [5.74, 6) is 0.862. The second-order valence-electron chi connectivity index (χ2n) is 7.06. The van der Waals surface area contributed by atoms with Gasteiger partial charge in [-0.2, -0.15) is 0 Å². The summed E-state index contributed by atoms with van der Waals surface area (Å²) in [4.78, 5) is 11.0. The van der Waals surface area contributed by atoms with Crippen LogP contribution in [-0.2, 0) is 11.2 Å². The molecular weight excluding hydrogens is 370 g/mol. The number of benzene rings is 2. The van der Waals surface area contributed by atoms with E-state index in [1.54, 1.807) is 38.5 Å². The molecule has 0 saturated carbocycles. The van der Waals surface area contributed by atoms with Crippen molar-refractivity contribution in [2.24, 2.45) is 0 Å². The van der Waals surface area contributed by atoms with Gasteiger partial charge in [0.1, 0.15) is 17.1 Å². The molecule has 0 fully saturated rings. The molecule has 1 atom stereocenters. The molecule has 2 aromatic carbocycles. The number of carbonyl (C=O) groups is 1. The molecule has 6 heteroatoms. The van der Waals surface area contributed by atoms with Crippen LogP contribution in [0.3, 0.4) is 0 Å². The van der Waals surface area contributed by atoms with E-state index >= 15 is 0 Å². The molecule has 3 aromatic rings. The Morgan fingerprint density at radius 1 is 1.14 bits per heavy atom. The number of carboxylic acid groups (broad SMARTS) is 1. The zero-order valence-electron chi connectivity index (χ0n) is 17.0. The van der Waals surface area contributed by atoms with Gasteiger partial charge in [0.2, 0.25) is 0 Å². The highest BCUT2D eigenvalue weighted by atomic mass is 16.5.